The summed E-state index contributed by atoms with van der Waals surface area (Å²) < 4.78 is 13.9. The van der Waals surface area contributed by atoms with Gasteiger partial charge in [-0.15, -0.1) is 11.3 Å². The third-order valence-electron chi connectivity index (χ3n) is 5.17. The summed E-state index contributed by atoms with van der Waals surface area (Å²) in [5.74, 6) is -2.30. The highest BCUT2D eigenvalue weighted by molar-refractivity contribution is 7.15. The summed E-state index contributed by atoms with van der Waals surface area (Å²) in [6.45, 7) is 0. The molecule has 142 valence electrons. The van der Waals surface area contributed by atoms with Gasteiger partial charge in [0.15, 0.2) is 0 Å². The van der Waals surface area contributed by atoms with Crippen LogP contribution in [0.3, 0.4) is 0 Å². The molecule has 1 unspecified atom stereocenters. The summed E-state index contributed by atoms with van der Waals surface area (Å²) in [4.78, 5) is 24.4. The lowest BCUT2D eigenvalue weighted by Crippen LogP contribution is -2.17. The van der Waals surface area contributed by atoms with Crippen molar-refractivity contribution >= 4 is 28.2 Å². The molecule has 6 heteroatoms. The summed E-state index contributed by atoms with van der Waals surface area (Å²) in [5.41, 5.74) is 3.27. The SMILES string of the molecule is O=C(Nc1scc(C2CCc3ccccc3C2)c1C(=O)O)c1ccccc1F. The maximum Gasteiger partial charge on any atom is 0.339 e. The molecule has 2 aromatic carbocycles. The van der Waals surface area contributed by atoms with Gasteiger partial charge in [0.05, 0.1) is 11.1 Å². The molecule has 0 saturated heterocycles. The summed E-state index contributed by atoms with van der Waals surface area (Å²) in [6, 6.07) is 13.8. The van der Waals surface area contributed by atoms with E-state index in [1.54, 1.807) is 11.4 Å². The molecule has 0 bridgehead atoms. The topological polar surface area (TPSA) is 66.4 Å². The maximum atomic E-state index is 13.9. The van der Waals surface area contributed by atoms with E-state index in [4.69, 9.17) is 0 Å². The van der Waals surface area contributed by atoms with Crippen molar-refractivity contribution < 1.29 is 19.1 Å². The molecule has 0 fully saturated rings. The van der Waals surface area contributed by atoms with Crippen LogP contribution in [0, 0.1) is 5.82 Å². The number of halogens is 1. The minimum atomic E-state index is -1.08. The predicted octanol–water partition coefficient (Wildman–Crippen LogP) is 5.11. The molecule has 1 aliphatic carbocycles. The standard InChI is InChI=1S/C22H18FNO3S/c23-18-8-4-3-7-16(18)20(25)24-21-19(22(26)27)17(12-28-21)15-10-9-13-5-1-2-6-14(13)11-15/h1-8,12,15H,9-11H2,(H,24,25)(H,26,27). The molecule has 0 aliphatic heterocycles. The van der Waals surface area contributed by atoms with E-state index >= 15 is 0 Å². The van der Waals surface area contributed by atoms with E-state index in [-0.39, 0.29) is 22.0 Å². The smallest absolute Gasteiger partial charge is 0.339 e. The molecule has 1 aromatic heterocycles. The average Bonchev–Trinajstić information content (AvgIpc) is 3.11. The van der Waals surface area contributed by atoms with Crippen LogP contribution >= 0.6 is 11.3 Å². The summed E-state index contributed by atoms with van der Waals surface area (Å²) >= 11 is 1.17. The van der Waals surface area contributed by atoms with Crippen molar-refractivity contribution in [2.24, 2.45) is 0 Å². The van der Waals surface area contributed by atoms with E-state index in [2.05, 4.69) is 17.4 Å². The van der Waals surface area contributed by atoms with Crippen molar-refractivity contribution in [3.05, 3.63) is 87.5 Å². The second-order valence-corrected chi connectivity index (χ2v) is 7.72. The van der Waals surface area contributed by atoms with Crippen molar-refractivity contribution in [3.8, 4) is 0 Å². The fourth-order valence-corrected chi connectivity index (χ4v) is 4.79. The fraction of sp³-hybridized carbons (Fsp3) is 0.182. The fourth-order valence-electron chi connectivity index (χ4n) is 3.76. The molecule has 2 N–H and O–H groups in total. The van der Waals surface area contributed by atoms with Crippen molar-refractivity contribution in [2.75, 3.05) is 5.32 Å². The molecule has 0 spiro atoms. The number of anilines is 1. The number of thiophene rings is 1. The lowest BCUT2D eigenvalue weighted by molar-refractivity contribution is 0.0696. The van der Waals surface area contributed by atoms with Crippen LogP contribution < -0.4 is 5.32 Å². The van der Waals surface area contributed by atoms with Gasteiger partial charge in [-0.05, 0) is 59.4 Å². The lowest BCUT2D eigenvalue weighted by Gasteiger charge is -2.24. The van der Waals surface area contributed by atoms with Gasteiger partial charge in [0.1, 0.15) is 10.8 Å². The summed E-state index contributed by atoms with van der Waals surface area (Å²) in [6.07, 6.45) is 2.52. The Labute approximate surface area is 165 Å². The molecule has 3 aromatic rings. The zero-order valence-electron chi connectivity index (χ0n) is 14.9. The Hall–Kier alpha value is -2.99. The number of rotatable bonds is 4. The number of amides is 1. The van der Waals surface area contributed by atoms with Gasteiger partial charge in [-0.1, -0.05) is 36.4 Å². The van der Waals surface area contributed by atoms with Gasteiger partial charge in [0.2, 0.25) is 0 Å². The molecule has 1 aliphatic rings. The first-order valence-electron chi connectivity index (χ1n) is 9.02. The highest BCUT2D eigenvalue weighted by Crippen LogP contribution is 2.39. The van der Waals surface area contributed by atoms with Crippen LogP contribution in [0.25, 0.3) is 0 Å². The number of hydrogen-bond donors (Lipinski definition) is 2. The lowest BCUT2D eigenvalue weighted by atomic mass is 9.80. The van der Waals surface area contributed by atoms with E-state index in [9.17, 15) is 19.1 Å². The molecule has 4 nitrogen and oxygen atoms in total. The van der Waals surface area contributed by atoms with Crippen molar-refractivity contribution in [1.82, 2.24) is 0 Å². The van der Waals surface area contributed by atoms with Crippen molar-refractivity contribution in [1.29, 1.82) is 0 Å². The number of aryl methyl sites for hydroxylation is 1. The highest BCUT2D eigenvalue weighted by Gasteiger charge is 2.28. The van der Waals surface area contributed by atoms with Crippen LogP contribution in [0.2, 0.25) is 0 Å². The first-order chi connectivity index (χ1) is 13.5. The molecule has 1 heterocycles. The molecular formula is C22H18FNO3S. The first-order valence-corrected chi connectivity index (χ1v) is 9.90. The first kappa shape index (κ1) is 18.4. The van der Waals surface area contributed by atoms with E-state index in [0.717, 1.165) is 24.8 Å². The third kappa shape index (κ3) is 3.43. The Morgan fingerprint density at radius 2 is 1.79 bits per heavy atom. The Morgan fingerprint density at radius 3 is 2.54 bits per heavy atom. The van der Waals surface area contributed by atoms with E-state index in [1.165, 1.54) is 40.7 Å². The van der Waals surface area contributed by atoms with Crippen molar-refractivity contribution in [2.45, 2.75) is 25.2 Å². The zero-order valence-corrected chi connectivity index (χ0v) is 15.8. The molecule has 0 radical (unpaired) electrons. The number of carbonyl (C=O) groups excluding carboxylic acids is 1. The number of benzene rings is 2. The minimum Gasteiger partial charge on any atom is -0.478 e. The highest BCUT2D eigenvalue weighted by atomic mass is 32.1. The van der Waals surface area contributed by atoms with E-state index in [1.807, 2.05) is 12.1 Å². The van der Waals surface area contributed by atoms with E-state index in [0.29, 0.717) is 0 Å². The van der Waals surface area contributed by atoms with E-state index < -0.39 is 17.7 Å². The van der Waals surface area contributed by atoms with Gasteiger partial charge in [-0.2, -0.15) is 0 Å². The monoisotopic (exact) mass is 395 g/mol. The van der Waals surface area contributed by atoms with Crippen LogP contribution in [0.4, 0.5) is 9.39 Å². The van der Waals surface area contributed by atoms with Gasteiger partial charge in [0.25, 0.3) is 5.91 Å². The average molecular weight is 395 g/mol. The van der Waals surface area contributed by atoms with Crippen LogP contribution in [-0.4, -0.2) is 17.0 Å². The van der Waals surface area contributed by atoms with Gasteiger partial charge in [0, 0.05) is 0 Å². The Balaban J connectivity index is 1.63. The van der Waals surface area contributed by atoms with Gasteiger partial charge >= 0.3 is 5.97 Å². The largest absolute Gasteiger partial charge is 0.478 e. The zero-order chi connectivity index (χ0) is 19.7. The number of fused-ring (bicyclic) bond motifs is 1. The van der Waals surface area contributed by atoms with Crippen LogP contribution in [0.1, 0.15) is 49.7 Å². The Bertz CT molecular complexity index is 1060. The quantitative estimate of drug-likeness (QED) is 0.645. The molecular weight excluding hydrogens is 377 g/mol. The third-order valence-corrected chi connectivity index (χ3v) is 6.08. The maximum absolute atomic E-state index is 13.9. The van der Waals surface area contributed by atoms with Crippen LogP contribution in [0.15, 0.2) is 53.9 Å². The number of hydrogen-bond acceptors (Lipinski definition) is 3. The Kier molecular flexibility index (Phi) is 4.96. The molecule has 1 amide bonds. The normalized spacial score (nSPS) is 15.7. The second kappa shape index (κ2) is 7.56. The second-order valence-electron chi connectivity index (χ2n) is 6.84. The molecule has 4 rings (SSSR count). The molecule has 0 saturated carbocycles. The van der Waals surface area contributed by atoms with Crippen LogP contribution in [-0.2, 0) is 12.8 Å². The van der Waals surface area contributed by atoms with Gasteiger partial charge < -0.3 is 10.4 Å². The number of aromatic carboxylic acids is 1. The molecule has 1 atom stereocenters. The number of carbonyl (C=O) groups is 2. The van der Waals surface area contributed by atoms with Gasteiger partial charge in [-0.25, -0.2) is 9.18 Å². The summed E-state index contributed by atoms with van der Waals surface area (Å²) in [5, 5.41) is 14.4. The van der Waals surface area contributed by atoms with Crippen LogP contribution in [0.5, 0.6) is 0 Å². The van der Waals surface area contributed by atoms with Crippen molar-refractivity contribution in [3.63, 3.8) is 0 Å². The minimum absolute atomic E-state index is 0.0800. The molecule has 28 heavy (non-hydrogen) atoms. The number of nitrogens with one attached hydrogen (secondary N) is 1. The van der Waals surface area contributed by atoms with Gasteiger partial charge in [-0.3, -0.25) is 4.79 Å². The predicted molar refractivity (Wildman–Crippen MR) is 107 cm³/mol. The summed E-state index contributed by atoms with van der Waals surface area (Å²) in [7, 11) is 0. The number of carboxylic acids is 1. The Morgan fingerprint density at radius 1 is 1.07 bits per heavy atom. The number of carboxylic acid groups (broad SMARTS) is 1.